The van der Waals surface area contributed by atoms with E-state index >= 15 is 0 Å². The van der Waals surface area contributed by atoms with E-state index in [1.165, 1.54) is 31.4 Å². The van der Waals surface area contributed by atoms with E-state index in [0.29, 0.717) is 37.3 Å². The molecule has 2 amide bonds. The number of aryl methyl sites for hydroxylation is 1. The molecule has 0 spiro atoms. The van der Waals surface area contributed by atoms with Crippen molar-refractivity contribution in [2.24, 2.45) is 0 Å². The molecule has 228 valence electrons. The fourth-order valence-corrected chi connectivity index (χ4v) is 5.61. The van der Waals surface area contributed by atoms with Crippen LogP contribution in [0.1, 0.15) is 58.6 Å². The van der Waals surface area contributed by atoms with E-state index in [9.17, 15) is 24.4 Å². The molecule has 2 aliphatic heterocycles. The zero-order valence-corrected chi connectivity index (χ0v) is 24.9. The van der Waals surface area contributed by atoms with E-state index in [2.05, 4.69) is 10.6 Å². The maximum absolute atomic E-state index is 13.8. The van der Waals surface area contributed by atoms with Crippen LogP contribution in [0.25, 0.3) is 11.0 Å². The third kappa shape index (κ3) is 6.75. The van der Waals surface area contributed by atoms with Gasteiger partial charge in [-0.1, -0.05) is 12.1 Å². The molecule has 0 bridgehead atoms. The number of ether oxygens (including phenoxy) is 1. The van der Waals surface area contributed by atoms with Gasteiger partial charge >= 0.3 is 5.97 Å². The van der Waals surface area contributed by atoms with Crippen LogP contribution in [0.2, 0.25) is 0 Å². The number of ketones is 1. The Kier molecular flexibility index (Phi) is 9.29. The van der Waals surface area contributed by atoms with Crippen molar-refractivity contribution in [1.82, 2.24) is 15.1 Å². The number of hydrogen-bond donors (Lipinski definition) is 2. The second kappa shape index (κ2) is 13.5. The Morgan fingerprint density at radius 1 is 1.00 bits per heavy atom. The van der Waals surface area contributed by atoms with Gasteiger partial charge in [-0.25, -0.2) is 4.79 Å². The third-order valence-electron chi connectivity index (χ3n) is 7.95. The molecule has 0 aliphatic carbocycles. The van der Waals surface area contributed by atoms with Crippen molar-refractivity contribution in [3.05, 3.63) is 76.8 Å². The maximum atomic E-state index is 13.8. The average Bonchev–Trinajstić information content (AvgIpc) is 3.67. The molecular formula is C33H35N5O6. The molecule has 3 heterocycles. The number of rotatable bonds is 9. The summed E-state index contributed by atoms with van der Waals surface area (Å²) in [6.45, 7) is 3.70. The number of esters is 1. The fraction of sp³-hybridized carbons (Fsp3) is 0.364. The van der Waals surface area contributed by atoms with Crippen LogP contribution >= 0.6 is 0 Å². The number of benzene rings is 2. The number of methoxy groups -OCH3 is 1. The van der Waals surface area contributed by atoms with Crippen LogP contribution in [0.3, 0.4) is 0 Å². The van der Waals surface area contributed by atoms with Gasteiger partial charge in [-0.3, -0.25) is 14.4 Å². The van der Waals surface area contributed by atoms with Crippen LogP contribution in [0.15, 0.2) is 64.3 Å². The highest BCUT2D eigenvalue weighted by Gasteiger charge is 2.32. The molecule has 2 N–H and O–H groups in total. The van der Waals surface area contributed by atoms with Crippen LogP contribution in [0.4, 0.5) is 5.69 Å². The van der Waals surface area contributed by atoms with Crippen LogP contribution < -0.4 is 10.6 Å². The molecule has 2 aromatic carbocycles. The van der Waals surface area contributed by atoms with Gasteiger partial charge in [0.15, 0.2) is 0 Å². The summed E-state index contributed by atoms with van der Waals surface area (Å²) in [4.78, 5) is 55.6. The number of furan rings is 1. The molecule has 2 aliphatic rings. The number of carbonyl (C=O) groups excluding carboxylic acids is 4. The van der Waals surface area contributed by atoms with Gasteiger partial charge in [0.25, 0.3) is 0 Å². The molecule has 5 rings (SSSR count). The van der Waals surface area contributed by atoms with Crippen LogP contribution in [0.5, 0.6) is 0 Å². The molecule has 0 unspecified atom stereocenters. The monoisotopic (exact) mass is 597 g/mol. The van der Waals surface area contributed by atoms with E-state index in [-0.39, 0.29) is 40.9 Å². The predicted octanol–water partition coefficient (Wildman–Crippen LogP) is 4.15. The standard InChI is InChI=1S/C33H35N5O6/c1-21-17-24-18-25(12-13-28(24)44-21)35-31(26(19-34)30(40)22-8-10-23(11-9-22)33(42)43-2)36-27-7-3-4-16-38(32(27)41)20-29(39)37-14-5-6-15-37/h8-13,17-18,27,35-36H,3-7,14-16,20H2,1-2H3/b31-26-/t27-/m0/s1. The molecule has 0 saturated carbocycles. The Morgan fingerprint density at radius 2 is 1.70 bits per heavy atom. The zero-order valence-electron chi connectivity index (χ0n) is 24.9. The Labute approximate surface area is 255 Å². The highest BCUT2D eigenvalue weighted by molar-refractivity contribution is 6.12. The van der Waals surface area contributed by atoms with Gasteiger partial charge in [0.2, 0.25) is 17.6 Å². The molecule has 1 atom stereocenters. The second-order valence-electron chi connectivity index (χ2n) is 11.0. The molecular weight excluding hydrogens is 562 g/mol. The number of nitriles is 1. The topological polar surface area (TPSA) is 145 Å². The van der Waals surface area contributed by atoms with E-state index in [4.69, 9.17) is 9.15 Å². The molecule has 1 aromatic heterocycles. The van der Waals surface area contributed by atoms with Gasteiger partial charge < -0.3 is 29.6 Å². The number of anilines is 1. The number of fused-ring (bicyclic) bond motifs is 1. The first-order valence-electron chi connectivity index (χ1n) is 14.7. The summed E-state index contributed by atoms with van der Waals surface area (Å²) in [6, 6.07) is 14.3. The summed E-state index contributed by atoms with van der Waals surface area (Å²) in [6.07, 6.45) is 3.83. The molecule has 11 nitrogen and oxygen atoms in total. The fourth-order valence-electron chi connectivity index (χ4n) is 5.61. The van der Waals surface area contributed by atoms with Gasteiger partial charge in [0.1, 0.15) is 34.8 Å². The SMILES string of the molecule is COC(=O)c1ccc(C(=O)/C(C#N)=C(/Nc2ccc3oc(C)cc3c2)N[C@H]2CCCCN(CC(=O)N3CCCC3)C2=O)cc1. The number of likely N-dealkylation sites (tertiary alicyclic amines) is 2. The van der Waals surface area contributed by atoms with Crippen LogP contribution in [-0.2, 0) is 14.3 Å². The molecule has 2 saturated heterocycles. The van der Waals surface area contributed by atoms with Crippen LogP contribution in [0, 0.1) is 18.3 Å². The number of allylic oxidation sites excluding steroid dienone is 1. The van der Waals surface area contributed by atoms with Crippen molar-refractivity contribution in [2.75, 3.05) is 38.6 Å². The normalized spacial score (nSPS) is 17.5. The summed E-state index contributed by atoms with van der Waals surface area (Å²) in [5.74, 6) is -0.670. The lowest BCUT2D eigenvalue weighted by molar-refractivity contribution is -0.140. The Hall–Kier alpha value is -5.11. The predicted molar refractivity (Wildman–Crippen MR) is 162 cm³/mol. The Bertz CT molecular complexity index is 1640. The second-order valence-corrected chi connectivity index (χ2v) is 11.0. The lowest BCUT2D eigenvalue weighted by atomic mass is 10.0. The van der Waals surface area contributed by atoms with Crippen molar-refractivity contribution in [2.45, 2.75) is 45.1 Å². The number of nitrogens with one attached hydrogen (secondary N) is 2. The van der Waals surface area contributed by atoms with Crippen molar-refractivity contribution in [3.63, 3.8) is 0 Å². The maximum Gasteiger partial charge on any atom is 0.337 e. The van der Waals surface area contributed by atoms with Gasteiger partial charge in [-0.2, -0.15) is 5.26 Å². The first-order chi connectivity index (χ1) is 21.3. The third-order valence-corrected chi connectivity index (χ3v) is 7.95. The van der Waals surface area contributed by atoms with Crippen molar-refractivity contribution >= 4 is 40.2 Å². The molecule has 3 aromatic rings. The van der Waals surface area contributed by atoms with Gasteiger partial charge in [-0.15, -0.1) is 0 Å². The molecule has 11 heteroatoms. The van der Waals surface area contributed by atoms with E-state index in [0.717, 1.165) is 36.8 Å². The van der Waals surface area contributed by atoms with Crippen molar-refractivity contribution in [3.8, 4) is 6.07 Å². The van der Waals surface area contributed by atoms with Crippen molar-refractivity contribution < 1.29 is 28.3 Å². The quantitative estimate of drug-likeness (QED) is 0.161. The minimum absolute atomic E-state index is 0.00339. The highest BCUT2D eigenvalue weighted by atomic mass is 16.5. The molecule has 44 heavy (non-hydrogen) atoms. The summed E-state index contributed by atoms with van der Waals surface area (Å²) in [5.41, 5.74) is 1.47. The largest absolute Gasteiger partial charge is 0.465 e. The first-order valence-corrected chi connectivity index (χ1v) is 14.7. The summed E-state index contributed by atoms with van der Waals surface area (Å²) in [5, 5.41) is 17.4. The minimum Gasteiger partial charge on any atom is -0.465 e. The zero-order chi connectivity index (χ0) is 31.2. The molecule has 2 fully saturated rings. The number of carbonyl (C=O) groups is 4. The highest BCUT2D eigenvalue weighted by Crippen LogP contribution is 2.25. The van der Waals surface area contributed by atoms with Gasteiger partial charge in [0.05, 0.1) is 19.2 Å². The molecule has 0 radical (unpaired) electrons. The Morgan fingerprint density at radius 3 is 2.41 bits per heavy atom. The number of nitrogens with zero attached hydrogens (tertiary/aromatic N) is 3. The van der Waals surface area contributed by atoms with Gasteiger partial charge in [-0.05, 0) is 75.4 Å². The first kappa shape index (κ1) is 30.4. The number of amides is 2. The average molecular weight is 598 g/mol. The number of hydrogen-bond acceptors (Lipinski definition) is 9. The summed E-state index contributed by atoms with van der Waals surface area (Å²) >= 11 is 0. The van der Waals surface area contributed by atoms with E-state index in [1.807, 2.05) is 25.1 Å². The smallest absolute Gasteiger partial charge is 0.337 e. The van der Waals surface area contributed by atoms with Crippen LogP contribution in [-0.4, -0.2) is 72.7 Å². The lowest BCUT2D eigenvalue weighted by Gasteiger charge is -2.28. The van der Waals surface area contributed by atoms with E-state index in [1.54, 1.807) is 21.9 Å². The van der Waals surface area contributed by atoms with E-state index < -0.39 is 17.8 Å². The lowest BCUT2D eigenvalue weighted by Crippen LogP contribution is -2.49. The number of Topliss-reactive ketones (excluding diaryl/α,β-unsaturated/α-hetero) is 1. The summed E-state index contributed by atoms with van der Waals surface area (Å²) < 4.78 is 10.4. The van der Waals surface area contributed by atoms with Gasteiger partial charge in [0, 0.05) is 36.3 Å². The summed E-state index contributed by atoms with van der Waals surface area (Å²) in [7, 11) is 1.27. The Balaban J connectivity index is 1.47. The van der Waals surface area contributed by atoms with Crippen molar-refractivity contribution in [1.29, 1.82) is 5.26 Å². The minimum atomic E-state index is -0.774.